The lowest BCUT2D eigenvalue weighted by Gasteiger charge is -2.31. The quantitative estimate of drug-likeness (QED) is 0.933. The zero-order chi connectivity index (χ0) is 15.8. The van der Waals surface area contributed by atoms with E-state index in [4.69, 9.17) is 4.74 Å². The number of halogens is 1. The third kappa shape index (κ3) is 2.74. The smallest absolute Gasteiger partial charge is 0.123 e. The number of aryl methyl sites for hydroxylation is 1. The highest BCUT2D eigenvalue weighted by Crippen LogP contribution is 2.42. The van der Waals surface area contributed by atoms with Gasteiger partial charge in [0.2, 0.25) is 0 Å². The van der Waals surface area contributed by atoms with Gasteiger partial charge in [-0.05, 0) is 66.1 Å². The second-order valence-electron chi connectivity index (χ2n) is 6.72. The van der Waals surface area contributed by atoms with E-state index in [1.54, 1.807) is 19.2 Å². The van der Waals surface area contributed by atoms with Crippen LogP contribution in [-0.2, 0) is 12.8 Å². The number of fused-ring (bicyclic) bond motifs is 3. The first-order valence-corrected chi connectivity index (χ1v) is 8.39. The highest BCUT2D eigenvalue weighted by molar-refractivity contribution is 5.41. The van der Waals surface area contributed by atoms with Crippen molar-refractivity contribution < 1.29 is 9.13 Å². The van der Waals surface area contributed by atoms with E-state index in [2.05, 4.69) is 23.5 Å². The normalized spacial score (nSPS) is 25.7. The minimum Gasteiger partial charge on any atom is -0.497 e. The predicted molar refractivity (Wildman–Crippen MR) is 89.4 cm³/mol. The molecule has 2 nitrogen and oxygen atoms in total. The molecule has 1 saturated heterocycles. The highest BCUT2D eigenvalue weighted by atomic mass is 19.1. The minimum absolute atomic E-state index is 0.141. The standard InChI is InChI=1S/C20H22FNO/c1-23-16-6-8-17-14(11-16)5-7-18-19(17)12-22-20(18)10-13-3-2-4-15(21)9-13/h2-4,6,8-9,11,18-20,22H,5,7,10,12H2,1H3/t18?,19-,20-/m1/s1. The van der Waals surface area contributed by atoms with Crippen LogP contribution in [0.4, 0.5) is 4.39 Å². The number of ether oxygens (including phenoxy) is 1. The molecule has 4 rings (SSSR count). The summed E-state index contributed by atoms with van der Waals surface area (Å²) in [5.74, 6) is 2.02. The number of rotatable bonds is 3. The molecular weight excluding hydrogens is 289 g/mol. The summed E-state index contributed by atoms with van der Waals surface area (Å²) in [7, 11) is 1.72. The molecule has 2 aromatic carbocycles. The molecule has 23 heavy (non-hydrogen) atoms. The molecule has 1 unspecified atom stereocenters. The van der Waals surface area contributed by atoms with Gasteiger partial charge in [-0.2, -0.15) is 0 Å². The third-order valence-electron chi connectivity index (χ3n) is 5.47. The van der Waals surface area contributed by atoms with Crippen molar-refractivity contribution in [3.05, 3.63) is 65.0 Å². The van der Waals surface area contributed by atoms with Crippen LogP contribution in [0.1, 0.15) is 29.0 Å². The maximum Gasteiger partial charge on any atom is 0.123 e. The van der Waals surface area contributed by atoms with Gasteiger partial charge in [0, 0.05) is 18.5 Å². The summed E-state index contributed by atoms with van der Waals surface area (Å²) >= 11 is 0. The Kier molecular flexibility index (Phi) is 3.82. The highest BCUT2D eigenvalue weighted by Gasteiger charge is 2.39. The van der Waals surface area contributed by atoms with Crippen molar-refractivity contribution in [1.82, 2.24) is 5.32 Å². The average molecular weight is 311 g/mol. The van der Waals surface area contributed by atoms with E-state index < -0.39 is 0 Å². The molecule has 0 aromatic heterocycles. The fourth-order valence-corrected chi connectivity index (χ4v) is 4.36. The van der Waals surface area contributed by atoms with Gasteiger partial charge in [-0.3, -0.25) is 0 Å². The molecule has 3 atom stereocenters. The van der Waals surface area contributed by atoms with Crippen LogP contribution in [0.3, 0.4) is 0 Å². The van der Waals surface area contributed by atoms with Crippen LogP contribution in [0.5, 0.6) is 5.75 Å². The Morgan fingerprint density at radius 2 is 2.13 bits per heavy atom. The van der Waals surface area contributed by atoms with Crippen LogP contribution in [0.25, 0.3) is 0 Å². The number of benzene rings is 2. The third-order valence-corrected chi connectivity index (χ3v) is 5.47. The van der Waals surface area contributed by atoms with Crippen LogP contribution in [0.2, 0.25) is 0 Å². The van der Waals surface area contributed by atoms with Gasteiger partial charge in [0.25, 0.3) is 0 Å². The van der Waals surface area contributed by atoms with Gasteiger partial charge in [-0.25, -0.2) is 4.39 Å². The lowest BCUT2D eigenvalue weighted by atomic mass is 9.73. The summed E-state index contributed by atoms with van der Waals surface area (Å²) < 4.78 is 18.8. The number of methoxy groups -OCH3 is 1. The van der Waals surface area contributed by atoms with Crippen LogP contribution in [-0.4, -0.2) is 19.7 Å². The average Bonchev–Trinajstić information content (AvgIpc) is 2.97. The van der Waals surface area contributed by atoms with Crippen LogP contribution in [0, 0.1) is 11.7 Å². The first-order valence-electron chi connectivity index (χ1n) is 8.39. The number of hydrogen-bond donors (Lipinski definition) is 1. The van der Waals surface area contributed by atoms with Gasteiger partial charge in [0.1, 0.15) is 11.6 Å². The number of nitrogens with one attached hydrogen (secondary N) is 1. The van der Waals surface area contributed by atoms with Gasteiger partial charge >= 0.3 is 0 Å². The maximum atomic E-state index is 13.4. The fraction of sp³-hybridized carbons (Fsp3) is 0.400. The monoisotopic (exact) mass is 311 g/mol. The van der Waals surface area contributed by atoms with E-state index in [0.717, 1.165) is 30.7 Å². The van der Waals surface area contributed by atoms with Crippen molar-refractivity contribution in [3.63, 3.8) is 0 Å². The molecule has 0 amide bonds. The molecule has 1 heterocycles. The SMILES string of the molecule is COc1ccc2c(c1)CCC1[C@@H]2CN[C@@H]1Cc1cccc(F)c1. The lowest BCUT2D eigenvalue weighted by molar-refractivity contribution is 0.370. The van der Waals surface area contributed by atoms with Gasteiger partial charge in [0.05, 0.1) is 7.11 Å². The maximum absolute atomic E-state index is 13.4. The first-order chi connectivity index (χ1) is 11.2. The Morgan fingerprint density at radius 1 is 1.22 bits per heavy atom. The fourth-order valence-electron chi connectivity index (χ4n) is 4.36. The van der Waals surface area contributed by atoms with Crippen molar-refractivity contribution >= 4 is 0 Å². The zero-order valence-corrected chi connectivity index (χ0v) is 13.4. The van der Waals surface area contributed by atoms with E-state index in [1.807, 2.05) is 6.07 Å². The van der Waals surface area contributed by atoms with Gasteiger partial charge in [-0.1, -0.05) is 18.2 Å². The molecule has 1 fully saturated rings. The van der Waals surface area contributed by atoms with Gasteiger partial charge in [0.15, 0.2) is 0 Å². The second kappa shape index (κ2) is 5.97. The van der Waals surface area contributed by atoms with Crippen molar-refractivity contribution in [2.75, 3.05) is 13.7 Å². The Morgan fingerprint density at radius 3 is 2.96 bits per heavy atom. The summed E-state index contributed by atoms with van der Waals surface area (Å²) in [5.41, 5.74) is 3.98. The summed E-state index contributed by atoms with van der Waals surface area (Å²) in [6, 6.07) is 13.9. The largest absolute Gasteiger partial charge is 0.497 e. The van der Waals surface area contributed by atoms with Crippen molar-refractivity contribution in [2.24, 2.45) is 5.92 Å². The summed E-state index contributed by atoms with van der Waals surface area (Å²) in [4.78, 5) is 0. The Labute approximate surface area is 136 Å². The van der Waals surface area contributed by atoms with E-state index in [-0.39, 0.29) is 5.82 Å². The topological polar surface area (TPSA) is 21.3 Å². The Hall–Kier alpha value is -1.87. The van der Waals surface area contributed by atoms with Gasteiger partial charge < -0.3 is 10.1 Å². The van der Waals surface area contributed by atoms with Crippen LogP contribution in [0.15, 0.2) is 42.5 Å². The minimum atomic E-state index is -0.141. The van der Waals surface area contributed by atoms with E-state index >= 15 is 0 Å². The molecule has 2 aromatic rings. The molecule has 1 aliphatic carbocycles. The molecule has 0 bridgehead atoms. The molecular formula is C20H22FNO. The Bertz CT molecular complexity index is 715. The lowest BCUT2D eigenvalue weighted by Crippen LogP contribution is -2.31. The van der Waals surface area contributed by atoms with Crippen molar-refractivity contribution in [2.45, 2.75) is 31.2 Å². The molecule has 0 radical (unpaired) electrons. The predicted octanol–water partition coefficient (Wildman–Crippen LogP) is 3.69. The summed E-state index contributed by atoms with van der Waals surface area (Å²) in [5, 5.41) is 3.68. The summed E-state index contributed by atoms with van der Waals surface area (Å²) in [6.45, 7) is 1.02. The van der Waals surface area contributed by atoms with Crippen molar-refractivity contribution in [3.8, 4) is 5.75 Å². The molecule has 0 saturated carbocycles. The number of hydrogen-bond acceptors (Lipinski definition) is 2. The molecule has 1 N–H and O–H groups in total. The molecule has 2 aliphatic rings. The van der Waals surface area contributed by atoms with Crippen molar-refractivity contribution in [1.29, 1.82) is 0 Å². The van der Waals surface area contributed by atoms with Crippen LogP contribution >= 0.6 is 0 Å². The molecule has 1 aliphatic heterocycles. The molecule has 0 spiro atoms. The second-order valence-corrected chi connectivity index (χ2v) is 6.72. The molecule has 120 valence electrons. The summed E-state index contributed by atoms with van der Waals surface area (Å²) in [6.07, 6.45) is 3.21. The molecule has 3 heteroatoms. The van der Waals surface area contributed by atoms with E-state index in [9.17, 15) is 4.39 Å². The Balaban J connectivity index is 1.55. The zero-order valence-electron chi connectivity index (χ0n) is 13.4. The van der Waals surface area contributed by atoms with Crippen LogP contribution < -0.4 is 10.1 Å². The van der Waals surface area contributed by atoms with E-state index in [0.29, 0.717) is 17.9 Å². The van der Waals surface area contributed by atoms with E-state index in [1.165, 1.54) is 23.6 Å². The first kappa shape index (κ1) is 14.7. The van der Waals surface area contributed by atoms with Gasteiger partial charge in [-0.15, -0.1) is 0 Å².